The van der Waals surface area contributed by atoms with E-state index in [-0.39, 0.29) is 57.9 Å². The molecule has 5 aliphatic rings. The average Bonchev–Trinajstić information content (AvgIpc) is 2.82. The molecule has 145 valence electrons. The predicted octanol–water partition coefficient (Wildman–Crippen LogP) is -0.752. The topological polar surface area (TPSA) is 40.9 Å². The second kappa shape index (κ2) is 12.8. The molecule has 0 aromatic rings. The molecule has 26 heavy (non-hydrogen) atoms. The van der Waals surface area contributed by atoms with Gasteiger partial charge in [0.05, 0.1) is 5.91 Å². The SMILES string of the molecule is CC1=[C-]C(C)C=C1.C[SiH]C.[Cl-].[Cl-].[NH-]C(=O)C12CC3CC(CC(C3)C1)C2.[Ti+4]. The molecule has 5 rings (SSSR count). The van der Waals surface area contributed by atoms with Gasteiger partial charge in [0.25, 0.3) is 0 Å². The van der Waals surface area contributed by atoms with Crippen LogP contribution in [0.1, 0.15) is 52.4 Å². The van der Waals surface area contributed by atoms with Crippen molar-refractivity contribution in [3.63, 3.8) is 0 Å². The zero-order valence-corrected chi connectivity index (χ0v) is 20.7. The van der Waals surface area contributed by atoms with E-state index in [2.05, 4.69) is 45.2 Å². The minimum atomic E-state index is -0.258. The van der Waals surface area contributed by atoms with Gasteiger partial charge in [0.2, 0.25) is 0 Å². The van der Waals surface area contributed by atoms with Gasteiger partial charge in [-0.05, 0) is 56.3 Å². The number of nitrogens with one attached hydrogen (secondary N) is 1. The van der Waals surface area contributed by atoms with Crippen molar-refractivity contribution in [3.05, 3.63) is 29.5 Å². The van der Waals surface area contributed by atoms with E-state index in [4.69, 9.17) is 5.73 Å². The first-order valence-corrected chi connectivity index (χ1v) is 11.5. The molecule has 0 spiro atoms. The molecule has 4 bridgehead atoms. The first-order chi connectivity index (χ1) is 10.9. The largest absolute Gasteiger partial charge is 4.00 e. The van der Waals surface area contributed by atoms with Crippen molar-refractivity contribution in [3.8, 4) is 0 Å². The Balaban J connectivity index is 0. The van der Waals surface area contributed by atoms with Gasteiger partial charge in [0, 0.05) is 14.9 Å². The molecule has 1 atom stereocenters. The van der Waals surface area contributed by atoms with Gasteiger partial charge in [-0.3, -0.25) is 6.08 Å². The summed E-state index contributed by atoms with van der Waals surface area (Å²) in [5, 5.41) is 0. The number of halogens is 2. The first-order valence-electron chi connectivity index (χ1n) is 9.17. The van der Waals surface area contributed by atoms with Crippen molar-refractivity contribution in [2.45, 2.75) is 65.5 Å². The van der Waals surface area contributed by atoms with Crippen LogP contribution >= 0.6 is 0 Å². The van der Waals surface area contributed by atoms with E-state index in [0.29, 0.717) is 5.92 Å². The molecule has 0 aromatic heterocycles. The van der Waals surface area contributed by atoms with Crippen LogP contribution in [0.15, 0.2) is 17.7 Å². The summed E-state index contributed by atoms with van der Waals surface area (Å²) in [5.41, 5.74) is 8.51. The molecule has 1 radical (unpaired) electrons. The molecule has 0 saturated heterocycles. The Morgan fingerprint density at radius 2 is 1.50 bits per heavy atom. The van der Waals surface area contributed by atoms with E-state index in [1.165, 1.54) is 24.8 Å². The van der Waals surface area contributed by atoms with Crippen LogP contribution in [-0.2, 0) is 26.5 Å². The Labute approximate surface area is 190 Å². The predicted molar refractivity (Wildman–Crippen MR) is 99.5 cm³/mol. The van der Waals surface area contributed by atoms with Crippen LogP contribution in [0.5, 0.6) is 0 Å². The van der Waals surface area contributed by atoms with Crippen LogP contribution in [0.3, 0.4) is 0 Å². The van der Waals surface area contributed by atoms with Crippen LogP contribution in [0.4, 0.5) is 0 Å². The molecule has 1 amide bonds. The van der Waals surface area contributed by atoms with Crippen molar-refractivity contribution in [2.24, 2.45) is 29.1 Å². The number of rotatable bonds is 1. The molecular formula is C20H32Cl2NOSiTi. The number of carbonyl (C=O) groups excluding carboxylic acids is 1. The van der Waals surface area contributed by atoms with Gasteiger partial charge in [-0.25, -0.2) is 11.6 Å². The van der Waals surface area contributed by atoms with Crippen LogP contribution in [0, 0.1) is 35.2 Å². The number of carbonyl (C=O) groups is 1. The molecule has 0 aliphatic heterocycles. The van der Waals surface area contributed by atoms with Crippen LogP contribution in [0.2, 0.25) is 13.1 Å². The fourth-order valence-corrected chi connectivity index (χ4v) is 5.13. The third-order valence-electron chi connectivity index (χ3n) is 5.61. The maximum Gasteiger partial charge on any atom is 4.00 e. The molecule has 4 saturated carbocycles. The van der Waals surface area contributed by atoms with Crippen molar-refractivity contribution < 1.29 is 51.3 Å². The van der Waals surface area contributed by atoms with Crippen LogP contribution in [-0.4, -0.2) is 15.4 Å². The van der Waals surface area contributed by atoms with E-state index < -0.39 is 0 Å². The molecule has 0 heterocycles. The minimum absolute atomic E-state index is 0. The van der Waals surface area contributed by atoms with Crippen LogP contribution in [0.25, 0.3) is 5.73 Å². The summed E-state index contributed by atoms with van der Waals surface area (Å²) in [4.78, 5) is 11.4. The Kier molecular flexibility index (Phi) is 14.1. The zero-order chi connectivity index (χ0) is 17.0. The second-order valence-electron chi connectivity index (χ2n) is 8.08. The maximum atomic E-state index is 11.4. The molecule has 5 aliphatic carbocycles. The summed E-state index contributed by atoms with van der Waals surface area (Å²) in [6, 6.07) is 0. The monoisotopic (exact) mass is 448 g/mol. The molecule has 1 N–H and O–H groups in total. The fourth-order valence-electron chi connectivity index (χ4n) is 5.13. The van der Waals surface area contributed by atoms with Crippen molar-refractivity contribution in [1.82, 2.24) is 0 Å². The molecule has 2 nitrogen and oxygen atoms in total. The zero-order valence-electron chi connectivity index (χ0n) is 16.4. The average molecular weight is 449 g/mol. The quantitative estimate of drug-likeness (QED) is 0.384. The summed E-state index contributed by atoms with van der Waals surface area (Å²) >= 11 is 0. The van der Waals surface area contributed by atoms with Gasteiger partial charge in [0.1, 0.15) is 0 Å². The minimum Gasteiger partial charge on any atom is -1.00 e. The van der Waals surface area contributed by atoms with Gasteiger partial charge >= 0.3 is 21.7 Å². The number of hydrogen-bond donors (Lipinski definition) is 0. The molecular weight excluding hydrogens is 417 g/mol. The smallest absolute Gasteiger partial charge is 1.00 e. The maximum absolute atomic E-state index is 11.4. The summed E-state index contributed by atoms with van der Waals surface area (Å²) < 4.78 is 0. The normalized spacial score (nSPS) is 34.5. The Morgan fingerprint density at radius 1 is 1.12 bits per heavy atom. The van der Waals surface area contributed by atoms with Crippen molar-refractivity contribution in [1.29, 1.82) is 0 Å². The first kappa shape index (κ1) is 28.7. The summed E-state index contributed by atoms with van der Waals surface area (Å²) in [6.45, 7) is 8.62. The third kappa shape index (κ3) is 7.47. The molecule has 1 unspecified atom stereocenters. The number of amides is 1. The molecule has 0 aromatic carbocycles. The summed E-state index contributed by atoms with van der Waals surface area (Å²) in [5.74, 6) is 2.67. The van der Waals surface area contributed by atoms with E-state index in [1.54, 1.807) is 0 Å². The summed E-state index contributed by atoms with van der Waals surface area (Å²) in [6.07, 6.45) is 14.7. The van der Waals surface area contributed by atoms with E-state index >= 15 is 0 Å². The van der Waals surface area contributed by atoms with Gasteiger partial charge in [-0.2, -0.15) is 6.08 Å². The standard InChI is InChI=1S/C11H17NO.C7H9.C2H7Si.2ClH.Ti/c12-10(13)11-4-7-1-8(5-11)3-9(2-7)6-11;1-6-3-4-7(2)5-6;1-3-2;;;/h7-9H,1-6H2,(H2,12,13);3-4,6H,1-2H3;3H,1-2H3;2*1H;/q;-1;;;;+4/p-3. The third-order valence-corrected chi connectivity index (χ3v) is 5.61. The van der Waals surface area contributed by atoms with Gasteiger partial charge in [-0.1, -0.05) is 32.9 Å². The Hall–Kier alpha value is 0.461. The van der Waals surface area contributed by atoms with Crippen LogP contribution < -0.4 is 24.8 Å². The van der Waals surface area contributed by atoms with Gasteiger partial charge in [0.15, 0.2) is 0 Å². The van der Waals surface area contributed by atoms with Gasteiger partial charge in [-0.15, -0.1) is 0 Å². The van der Waals surface area contributed by atoms with E-state index in [1.807, 2.05) is 0 Å². The fraction of sp³-hybridized carbons (Fsp3) is 0.750. The molecule has 6 heteroatoms. The van der Waals surface area contributed by atoms with Crippen molar-refractivity contribution >= 4 is 15.4 Å². The Bertz CT molecular complexity index is 461. The second-order valence-corrected chi connectivity index (χ2v) is 9.23. The Morgan fingerprint density at radius 3 is 1.69 bits per heavy atom. The number of hydrogen-bond acceptors (Lipinski definition) is 1. The van der Waals surface area contributed by atoms with Gasteiger partial charge < -0.3 is 35.3 Å². The van der Waals surface area contributed by atoms with E-state index in [0.717, 1.165) is 46.5 Å². The van der Waals surface area contributed by atoms with E-state index in [9.17, 15) is 4.79 Å². The molecule has 4 fully saturated rings. The van der Waals surface area contributed by atoms with Crippen molar-refractivity contribution in [2.75, 3.05) is 0 Å². The summed E-state index contributed by atoms with van der Waals surface area (Å²) in [7, 11) is 0.750. The number of allylic oxidation sites excluding steroid dienone is 4.